The summed E-state index contributed by atoms with van der Waals surface area (Å²) in [6.07, 6.45) is 5.10. The maximum Gasteiger partial charge on any atom is 0.342 e. The van der Waals surface area contributed by atoms with Gasteiger partial charge in [-0.1, -0.05) is 32.0 Å². The van der Waals surface area contributed by atoms with Gasteiger partial charge in [-0.15, -0.1) is 11.8 Å². The lowest BCUT2D eigenvalue weighted by molar-refractivity contribution is 0.0473. The van der Waals surface area contributed by atoms with Gasteiger partial charge in [-0.25, -0.2) is 14.5 Å². The number of Topliss-reactive ketones (excluding diaryl/α,β-unsaturated/α-hetero) is 1. The molecule has 0 aliphatic rings. The highest BCUT2D eigenvalue weighted by Crippen LogP contribution is 2.23. The van der Waals surface area contributed by atoms with E-state index in [0.29, 0.717) is 22.6 Å². The number of ketones is 1. The minimum Gasteiger partial charge on any atom is -0.454 e. The average Bonchev–Trinajstić information content (AvgIpc) is 3.18. The molecule has 0 spiro atoms. The number of thioether (sulfide) groups is 1. The number of carbonyl (C=O) groups excluding carboxylic acids is 2. The second-order valence-corrected chi connectivity index (χ2v) is 7.31. The molecule has 2 heterocycles. The Morgan fingerprint density at radius 3 is 2.50 bits per heavy atom. The molecule has 0 atom stereocenters. The van der Waals surface area contributed by atoms with E-state index < -0.39 is 5.97 Å². The van der Waals surface area contributed by atoms with Crippen molar-refractivity contribution in [1.29, 1.82) is 0 Å². The van der Waals surface area contributed by atoms with Crippen molar-refractivity contribution in [2.24, 2.45) is 0 Å². The molecule has 0 saturated heterocycles. The summed E-state index contributed by atoms with van der Waals surface area (Å²) in [5.74, 6) is -0.179. The summed E-state index contributed by atoms with van der Waals surface area (Å²) in [6.45, 7) is 3.61. The molecule has 1 aromatic carbocycles. The lowest BCUT2D eigenvalue weighted by Crippen LogP contribution is -2.16. The van der Waals surface area contributed by atoms with Gasteiger partial charge >= 0.3 is 5.97 Å². The number of benzene rings is 1. The third-order valence-corrected chi connectivity index (χ3v) is 4.93. The van der Waals surface area contributed by atoms with Gasteiger partial charge in [0.1, 0.15) is 5.56 Å². The molecule has 6 nitrogen and oxygen atoms in total. The summed E-state index contributed by atoms with van der Waals surface area (Å²) in [4.78, 5) is 30.3. The molecule has 144 valence electrons. The zero-order chi connectivity index (χ0) is 20.1. The van der Waals surface area contributed by atoms with Crippen molar-refractivity contribution in [2.45, 2.75) is 24.7 Å². The van der Waals surface area contributed by atoms with Gasteiger partial charge in [0.25, 0.3) is 0 Å². The van der Waals surface area contributed by atoms with E-state index in [9.17, 15) is 9.59 Å². The Labute approximate surface area is 167 Å². The second kappa shape index (κ2) is 8.84. The molecule has 0 fully saturated rings. The first-order valence-electron chi connectivity index (χ1n) is 8.85. The fraction of sp³-hybridized carbons (Fsp3) is 0.238. The maximum atomic E-state index is 12.6. The molecule has 0 radical (unpaired) electrons. The van der Waals surface area contributed by atoms with Crippen LogP contribution in [0.1, 0.15) is 46.2 Å². The molecule has 0 saturated carbocycles. The van der Waals surface area contributed by atoms with Gasteiger partial charge in [0.05, 0.1) is 11.9 Å². The van der Waals surface area contributed by atoms with Gasteiger partial charge in [0.2, 0.25) is 0 Å². The van der Waals surface area contributed by atoms with Gasteiger partial charge in [0, 0.05) is 16.7 Å². The molecule has 28 heavy (non-hydrogen) atoms. The molecule has 0 aliphatic carbocycles. The van der Waals surface area contributed by atoms with Crippen molar-refractivity contribution >= 4 is 23.5 Å². The van der Waals surface area contributed by atoms with Gasteiger partial charge < -0.3 is 4.74 Å². The fourth-order valence-corrected chi connectivity index (χ4v) is 3.21. The van der Waals surface area contributed by atoms with Crippen LogP contribution >= 0.6 is 11.8 Å². The Morgan fingerprint density at radius 2 is 1.89 bits per heavy atom. The summed E-state index contributed by atoms with van der Waals surface area (Å²) < 4.78 is 6.90. The number of aromatic nitrogens is 3. The molecular formula is C21H21N3O3S. The molecule has 7 heteroatoms. The number of rotatable bonds is 7. The third kappa shape index (κ3) is 4.31. The van der Waals surface area contributed by atoms with E-state index in [0.717, 1.165) is 4.90 Å². The van der Waals surface area contributed by atoms with Crippen LogP contribution in [-0.2, 0) is 4.74 Å². The van der Waals surface area contributed by atoms with Crippen molar-refractivity contribution in [3.63, 3.8) is 0 Å². The van der Waals surface area contributed by atoms with Crippen LogP contribution in [-0.4, -0.2) is 39.4 Å². The van der Waals surface area contributed by atoms with E-state index in [1.165, 1.54) is 6.20 Å². The number of hydrogen-bond donors (Lipinski definition) is 0. The summed E-state index contributed by atoms with van der Waals surface area (Å²) >= 11 is 1.60. The van der Waals surface area contributed by atoms with Crippen molar-refractivity contribution in [3.05, 3.63) is 71.7 Å². The Balaban J connectivity index is 1.75. The zero-order valence-electron chi connectivity index (χ0n) is 16.0. The smallest absolute Gasteiger partial charge is 0.342 e. The van der Waals surface area contributed by atoms with Gasteiger partial charge in [-0.2, -0.15) is 5.10 Å². The number of ether oxygens (including phenoxy) is 1. The van der Waals surface area contributed by atoms with Crippen LogP contribution in [0.3, 0.4) is 0 Å². The molecule has 3 aromatic rings. The van der Waals surface area contributed by atoms with Crippen molar-refractivity contribution in [3.8, 4) is 5.82 Å². The largest absolute Gasteiger partial charge is 0.454 e. The SMILES string of the molecule is CSc1ccc(C(=O)COC(=O)c2cnn(-c3ccccn3)c2C(C)C)cc1. The van der Waals surface area contributed by atoms with Crippen molar-refractivity contribution < 1.29 is 14.3 Å². The van der Waals surface area contributed by atoms with Gasteiger partial charge in [-0.3, -0.25) is 4.79 Å². The average molecular weight is 395 g/mol. The third-order valence-electron chi connectivity index (χ3n) is 4.19. The maximum absolute atomic E-state index is 12.6. The van der Waals surface area contributed by atoms with E-state index in [1.54, 1.807) is 34.8 Å². The Morgan fingerprint density at radius 1 is 1.14 bits per heavy atom. The number of pyridine rings is 1. The number of hydrogen-bond acceptors (Lipinski definition) is 6. The minimum atomic E-state index is -0.569. The van der Waals surface area contributed by atoms with E-state index in [4.69, 9.17) is 4.74 Å². The number of esters is 1. The lowest BCUT2D eigenvalue weighted by atomic mass is 10.1. The molecule has 0 bridgehead atoms. The van der Waals surface area contributed by atoms with Gasteiger partial charge in [-0.05, 0) is 36.4 Å². The highest BCUT2D eigenvalue weighted by Gasteiger charge is 2.23. The number of carbonyl (C=O) groups is 2. The molecule has 3 rings (SSSR count). The Bertz CT molecular complexity index is 966. The second-order valence-electron chi connectivity index (χ2n) is 6.43. The van der Waals surface area contributed by atoms with Crippen LogP contribution in [0.2, 0.25) is 0 Å². The first-order valence-corrected chi connectivity index (χ1v) is 10.1. The quantitative estimate of drug-likeness (QED) is 0.340. The fourth-order valence-electron chi connectivity index (χ4n) is 2.80. The molecule has 0 aliphatic heterocycles. The van der Waals surface area contributed by atoms with E-state index in [-0.39, 0.29) is 18.3 Å². The predicted molar refractivity (Wildman–Crippen MR) is 108 cm³/mol. The molecular weight excluding hydrogens is 374 g/mol. The predicted octanol–water partition coefficient (Wildman–Crippen LogP) is 4.15. The zero-order valence-corrected chi connectivity index (χ0v) is 16.8. The van der Waals surface area contributed by atoms with Gasteiger partial charge in [0.15, 0.2) is 18.2 Å². The molecule has 0 N–H and O–H groups in total. The van der Waals surface area contributed by atoms with Crippen LogP contribution in [0.4, 0.5) is 0 Å². The summed E-state index contributed by atoms with van der Waals surface area (Å²) in [7, 11) is 0. The first-order chi connectivity index (χ1) is 13.5. The topological polar surface area (TPSA) is 74.1 Å². The summed E-state index contributed by atoms with van der Waals surface area (Å²) in [5, 5.41) is 4.30. The Kier molecular flexibility index (Phi) is 6.26. The van der Waals surface area contributed by atoms with E-state index in [2.05, 4.69) is 10.1 Å². The standard InChI is InChI=1S/C21H21N3O3S/c1-14(2)20-17(12-23-24(20)19-6-4-5-11-22-19)21(26)27-13-18(25)15-7-9-16(28-3)10-8-15/h4-12,14H,13H2,1-3H3. The van der Waals surface area contributed by atoms with Crippen LogP contribution in [0.15, 0.2) is 59.8 Å². The lowest BCUT2D eigenvalue weighted by Gasteiger charge is -2.12. The first kappa shape index (κ1) is 19.8. The monoisotopic (exact) mass is 395 g/mol. The summed E-state index contributed by atoms with van der Waals surface area (Å²) in [6, 6.07) is 12.7. The Hall–Kier alpha value is -2.93. The van der Waals surface area contributed by atoms with Crippen LogP contribution in [0, 0.1) is 0 Å². The normalized spacial score (nSPS) is 10.9. The van der Waals surface area contributed by atoms with Crippen LogP contribution in [0.25, 0.3) is 5.82 Å². The van der Waals surface area contributed by atoms with Crippen LogP contribution < -0.4 is 0 Å². The highest BCUT2D eigenvalue weighted by molar-refractivity contribution is 7.98. The van der Waals surface area contributed by atoms with Crippen molar-refractivity contribution in [2.75, 3.05) is 12.9 Å². The van der Waals surface area contributed by atoms with Crippen molar-refractivity contribution in [1.82, 2.24) is 14.8 Å². The molecule has 0 unspecified atom stereocenters. The summed E-state index contributed by atoms with van der Waals surface area (Å²) in [5.41, 5.74) is 1.55. The van der Waals surface area contributed by atoms with E-state index in [1.807, 2.05) is 50.4 Å². The molecule has 0 amide bonds. The van der Waals surface area contributed by atoms with Crippen LogP contribution in [0.5, 0.6) is 0 Å². The number of nitrogens with zero attached hydrogens (tertiary/aromatic N) is 3. The molecule has 2 aromatic heterocycles. The minimum absolute atomic E-state index is 0.0156. The van der Waals surface area contributed by atoms with E-state index >= 15 is 0 Å². The highest BCUT2D eigenvalue weighted by atomic mass is 32.2.